The Labute approximate surface area is 147 Å². The van der Waals surface area contributed by atoms with Crippen LogP contribution in [0.1, 0.15) is 25.3 Å². The first kappa shape index (κ1) is 17.3. The fraction of sp³-hybridized carbons (Fsp3) is 0.556. The number of carbonyl (C=O) groups excluding carboxylic acids is 1. The highest BCUT2D eigenvalue weighted by Gasteiger charge is 2.28. The van der Waals surface area contributed by atoms with Gasteiger partial charge in [-0.3, -0.25) is 9.69 Å². The van der Waals surface area contributed by atoms with Crippen LogP contribution in [0.25, 0.3) is 10.2 Å². The van der Waals surface area contributed by atoms with E-state index in [9.17, 15) is 4.79 Å². The minimum absolute atomic E-state index is 0.101. The molecule has 6 heteroatoms. The summed E-state index contributed by atoms with van der Waals surface area (Å²) in [5.74, 6) is 0.335. The van der Waals surface area contributed by atoms with Crippen LogP contribution in [0.2, 0.25) is 0 Å². The van der Waals surface area contributed by atoms with Crippen LogP contribution in [-0.2, 0) is 11.3 Å². The van der Waals surface area contributed by atoms with E-state index in [4.69, 9.17) is 10.7 Å². The Morgan fingerprint density at radius 2 is 2.00 bits per heavy atom. The molecule has 0 aliphatic carbocycles. The molecule has 1 aliphatic rings. The maximum absolute atomic E-state index is 12.5. The van der Waals surface area contributed by atoms with Crippen molar-refractivity contribution in [3.8, 4) is 0 Å². The van der Waals surface area contributed by atoms with Crippen LogP contribution in [0, 0.1) is 5.92 Å². The second-order valence-corrected chi connectivity index (χ2v) is 7.70. The number of piperazine rings is 1. The molecule has 0 spiro atoms. The Hall–Kier alpha value is -1.50. The van der Waals surface area contributed by atoms with Gasteiger partial charge >= 0.3 is 0 Å². The van der Waals surface area contributed by atoms with Crippen molar-refractivity contribution in [2.75, 3.05) is 26.2 Å². The Morgan fingerprint density at radius 1 is 1.29 bits per heavy atom. The van der Waals surface area contributed by atoms with Gasteiger partial charge in [0.25, 0.3) is 0 Å². The standard InChI is InChI=1S/C18H26N4OS/c1-3-13(2)17(19)18(23)22-10-8-21(9-11-22)12-16-20-14-6-4-5-7-15(14)24-16/h4-7,13,17H,3,8-12,19H2,1-2H3. The van der Waals surface area contributed by atoms with Gasteiger partial charge in [0.05, 0.1) is 22.8 Å². The molecule has 1 aromatic carbocycles. The number of amides is 1. The predicted molar refractivity (Wildman–Crippen MR) is 98.9 cm³/mol. The lowest BCUT2D eigenvalue weighted by Gasteiger charge is -2.36. The molecule has 0 radical (unpaired) electrons. The molecule has 0 bridgehead atoms. The Balaban J connectivity index is 1.54. The van der Waals surface area contributed by atoms with Gasteiger partial charge in [-0.15, -0.1) is 11.3 Å². The number of carbonyl (C=O) groups is 1. The number of benzene rings is 1. The molecule has 2 unspecified atom stereocenters. The van der Waals surface area contributed by atoms with E-state index in [1.54, 1.807) is 11.3 Å². The molecule has 0 saturated carbocycles. The summed E-state index contributed by atoms with van der Waals surface area (Å²) in [5.41, 5.74) is 7.17. The summed E-state index contributed by atoms with van der Waals surface area (Å²) in [7, 11) is 0. The number of para-hydroxylation sites is 1. The average molecular weight is 347 g/mol. The predicted octanol–water partition coefficient (Wildman–Crippen LogP) is 2.31. The van der Waals surface area contributed by atoms with Crippen molar-refractivity contribution in [3.63, 3.8) is 0 Å². The fourth-order valence-electron chi connectivity index (χ4n) is 3.01. The lowest BCUT2D eigenvalue weighted by molar-refractivity contribution is -0.135. The molecule has 2 atom stereocenters. The molecule has 130 valence electrons. The highest BCUT2D eigenvalue weighted by Crippen LogP contribution is 2.23. The lowest BCUT2D eigenvalue weighted by atomic mass is 9.98. The molecular weight excluding hydrogens is 320 g/mol. The summed E-state index contributed by atoms with van der Waals surface area (Å²) < 4.78 is 1.24. The number of nitrogens with zero attached hydrogens (tertiary/aromatic N) is 3. The lowest BCUT2D eigenvalue weighted by Crippen LogP contribution is -2.54. The van der Waals surface area contributed by atoms with Crippen molar-refractivity contribution in [1.82, 2.24) is 14.8 Å². The molecule has 3 rings (SSSR count). The number of nitrogens with two attached hydrogens (primary N) is 1. The zero-order valence-corrected chi connectivity index (χ0v) is 15.3. The van der Waals surface area contributed by atoms with Crippen LogP contribution in [-0.4, -0.2) is 52.9 Å². The molecule has 1 aliphatic heterocycles. The summed E-state index contributed by atoms with van der Waals surface area (Å²) in [4.78, 5) is 21.4. The summed E-state index contributed by atoms with van der Waals surface area (Å²) in [5, 5.41) is 1.15. The number of rotatable bonds is 5. The highest BCUT2D eigenvalue weighted by molar-refractivity contribution is 7.18. The number of hydrogen-bond acceptors (Lipinski definition) is 5. The van der Waals surface area contributed by atoms with Crippen molar-refractivity contribution in [3.05, 3.63) is 29.3 Å². The summed E-state index contributed by atoms with van der Waals surface area (Å²) in [6.45, 7) is 8.27. The zero-order chi connectivity index (χ0) is 17.1. The summed E-state index contributed by atoms with van der Waals surface area (Å²) in [6, 6.07) is 7.88. The largest absolute Gasteiger partial charge is 0.339 e. The number of hydrogen-bond donors (Lipinski definition) is 1. The van der Waals surface area contributed by atoms with Crippen LogP contribution in [0.4, 0.5) is 0 Å². The monoisotopic (exact) mass is 346 g/mol. The van der Waals surface area contributed by atoms with Crippen molar-refractivity contribution >= 4 is 27.5 Å². The first-order valence-corrected chi connectivity index (χ1v) is 9.51. The van der Waals surface area contributed by atoms with Crippen LogP contribution < -0.4 is 5.73 Å². The SMILES string of the molecule is CCC(C)C(N)C(=O)N1CCN(Cc2nc3ccccc3s2)CC1. The maximum Gasteiger partial charge on any atom is 0.239 e. The third-order valence-electron chi connectivity index (χ3n) is 4.92. The van der Waals surface area contributed by atoms with Crippen LogP contribution in [0.15, 0.2) is 24.3 Å². The quantitative estimate of drug-likeness (QED) is 0.902. The minimum atomic E-state index is -0.370. The molecule has 2 N–H and O–H groups in total. The van der Waals surface area contributed by atoms with E-state index in [1.807, 2.05) is 17.9 Å². The van der Waals surface area contributed by atoms with E-state index in [-0.39, 0.29) is 17.9 Å². The van der Waals surface area contributed by atoms with Crippen LogP contribution >= 0.6 is 11.3 Å². The molecule has 1 amide bonds. The fourth-order valence-corrected chi connectivity index (χ4v) is 4.02. The molecule has 2 aromatic rings. The van der Waals surface area contributed by atoms with Crippen molar-refractivity contribution in [2.24, 2.45) is 11.7 Å². The van der Waals surface area contributed by atoms with E-state index in [0.717, 1.165) is 49.7 Å². The minimum Gasteiger partial charge on any atom is -0.339 e. The third-order valence-corrected chi connectivity index (χ3v) is 5.94. The van der Waals surface area contributed by atoms with Crippen LogP contribution in [0.3, 0.4) is 0 Å². The first-order valence-electron chi connectivity index (χ1n) is 8.69. The Morgan fingerprint density at radius 3 is 2.67 bits per heavy atom. The van der Waals surface area contributed by atoms with Crippen molar-refractivity contribution in [2.45, 2.75) is 32.9 Å². The topological polar surface area (TPSA) is 62.5 Å². The van der Waals surface area contributed by atoms with E-state index >= 15 is 0 Å². The molecule has 1 saturated heterocycles. The smallest absolute Gasteiger partial charge is 0.239 e. The van der Waals surface area contributed by atoms with Gasteiger partial charge < -0.3 is 10.6 Å². The molecule has 1 fully saturated rings. The van der Waals surface area contributed by atoms with Gasteiger partial charge in [-0.05, 0) is 18.1 Å². The molecule has 24 heavy (non-hydrogen) atoms. The van der Waals surface area contributed by atoms with Crippen molar-refractivity contribution in [1.29, 1.82) is 0 Å². The van der Waals surface area contributed by atoms with Gasteiger partial charge in [-0.25, -0.2) is 4.98 Å². The highest BCUT2D eigenvalue weighted by atomic mass is 32.1. The maximum atomic E-state index is 12.5. The van der Waals surface area contributed by atoms with Gasteiger partial charge in [0.2, 0.25) is 5.91 Å². The van der Waals surface area contributed by atoms with E-state index in [0.29, 0.717) is 0 Å². The molecule has 2 heterocycles. The third kappa shape index (κ3) is 3.77. The second-order valence-electron chi connectivity index (χ2n) is 6.59. The zero-order valence-electron chi connectivity index (χ0n) is 14.4. The summed E-state index contributed by atoms with van der Waals surface area (Å²) >= 11 is 1.76. The molecule has 1 aromatic heterocycles. The first-order chi connectivity index (χ1) is 11.6. The molecular formula is C18H26N4OS. The van der Waals surface area contributed by atoms with E-state index < -0.39 is 0 Å². The Kier molecular flexibility index (Phi) is 5.48. The van der Waals surface area contributed by atoms with Crippen molar-refractivity contribution < 1.29 is 4.79 Å². The second kappa shape index (κ2) is 7.59. The number of aromatic nitrogens is 1. The normalized spacial score (nSPS) is 18.7. The van der Waals surface area contributed by atoms with Gasteiger partial charge in [0.1, 0.15) is 5.01 Å². The van der Waals surface area contributed by atoms with Gasteiger partial charge in [0, 0.05) is 26.2 Å². The number of fused-ring (bicyclic) bond motifs is 1. The average Bonchev–Trinajstić information content (AvgIpc) is 3.02. The van der Waals surface area contributed by atoms with Crippen LogP contribution in [0.5, 0.6) is 0 Å². The number of thiazole rings is 1. The van der Waals surface area contributed by atoms with Gasteiger partial charge in [-0.1, -0.05) is 32.4 Å². The van der Waals surface area contributed by atoms with E-state index in [2.05, 4.69) is 30.0 Å². The van der Waals surface area contributed by atoms with E-state index in [1.165, 1.54) is 4.70 Å². The Bertz CT molecular complexity index is 660. The summed E-state index contributed by atoms with van der Waals surface area (Å²) in [6.07, 6.45) is 0.935. The van der Waals surface area contributed by atoms with Gasteiger partial charge in [0.15, 0.2) is 0 Å². The van der Waals surface area contributed by atoms with Gasteiger partial charge in [-0.2, -0.15) is 0 Å². The molecule has 5 nitrogen and oxygen atoms in total.